The molecule has 0 atom stereocenters. The molecule has 1 aliphatic heterocycles. The second-order valence-electron chi connectivity index (χ2n) is 8.65. The molecule has 4 aromatic carbocycles. The van der Waals surface area contributed by atoms with Gasteiger partial charge in [0.05, 0.1) is 28.1 Å². The Morgan fingerprint density at radius 1 is 1.00 bits per heavy atom. The number of halogens is 3. The van der Waals surface area contributed by atoms with E-state index in [4.69, 9.17) is 32.7 Å². The predicted octanol–water partition coefficient (Wildman–Crippen LogP) is 8.76. The summed E-state index contributed by atoms with van der Waals surface area (Å²) < 4.78 is 12.0. The first-order valence-electron chi connectivity index (χ1n) is 12.1. The van der Waals surface area contributed by atoms with E-state index < -0.39 is 17.1 Å². The molecular formula is C30H20BrCl2NO5S. The zero-order valence-corrected chi connectivity index (χ0v) is 24.9. The average molecular weight is 657 g/mol. The van der Waals surface area contributed by atoms with Crippen molar-refractivity contribution in [2.24, 2.45) is 0 Å². The van der Waals surface area contributed by atoms with Crippen LogP contribution in [0.5, 0.6) is 11.5 Å². The maximum Gasteiger partial charge on any atom is 0.344 e. The van der Waals surface area contributed by atoms with E-state index in [1.54, 1.807) is 48.5 Å². The molecule has 0 aromatic heterocycles. The van der Waals surface area contributed by atoms with Gasteiger partial charge in [-0.2, -0.15) is 0 Å². The third-order valence-corrected chi connectivity index (χ3v) is 8.29. The Bertz CT molecular complexity index is 1680. The Kier molecular flexibility index (Phi) is 8.51. The molecule has 4 aromatic rings. The molecule has 1 saturated heterocycles. The van der Waals surface area contributed by atoms with Crippen LogP contribution in [-0.2, 0) is 11.3 Å². The predicted molar refractivity (Wildman–Crippen MR) is 162 cm³/mol. The average Bonchev–Trinajstić information content (AvgIpc) is 3.19. The van der Waals surface area contributed by atoms with E-state index in [1.807, 2.05) is 37.3 Å². The van der Waals surface area contributed by atoms with Gasteiger partial charge in [0.2, 0.25) is 0 Å². The van der Waals surface area contributed by atoms with E-state index >= 15 is 0 Å². The van der Waals surface area contributed by atoms with Crippen LogP contribution in [0.15, 0.2) is 82.2 Å². The lowest BCUT2D eigenvalue weighted by Gasteiger charge is -2.15. The van der Waals surface area contributed by atoms with Gasteiger partial charge in [0.15, 0.2) is 11.5 Å². The number of carbonyl (C=O) groups excluding carboxylic acids is 3. The first-order chi connectivity index (χ1) is 19.3. The maximum atomic E-state index is 13.2. The lowest BCUT2D eigenvalue weighted by molar-refractivity contribution is -0.123. The molecule has 6 nitrogen and oxygen atoms in total. The van der Waals surface area contributed by atoms with Crippen LogP contribution in [0, 0.1) is 0 Å². The second-order valence-corrected chi connectivity index (χ2v) is 11.3. The Labute approximate surface area is 253 Å². The lowest BCUT2D eigenvalue weighted by Crippen LogP contribution is -2.27. The number of carbonyl (C=O) groups is 3. The van der Waals surface area contributed by atoms with Gasteiger partial charge in [-0.1, -0.05) is 65.7 Å². The number of benzene rings is 4. The second kappa shape index (κ2) is 12.1. The van der Waals surface area contributed by atoms with Crippen LogP contribution in [0.4, 0.5) is 4.79 Å². The Balaban J connectivity index is 1.42. The molecule has 40 heavy (non-hydrogen) atoms. The number of imide groups is 1. The third kappa shape index (κ3) is 5.76. The molecule has 1 fully saturated rings. The minimum absolute atomic E-state index is 0.0442. The molecule has 0 aliphatic carbocycles. The van der Waals surface area contributed by atoms with Gasteiger partial charge in [-0.05, 0) is 87.4 Å². The van der Waals surface area contributed by atoms with Crippen molar-refractivity contribution < 1.29 is 23.9 Å². The van der Waals surface area contributed by atoms with E-state index in [2.05, 4.69) is 15.9 Å². The summed E-state index contributed by atoms with van der Waals surface area (Å²) in [5, 5.41) is 2.00. The molecule has 0 spiro atoms. The van der Waals surface area contributed by atoms with Crippen LogP contribution < -0.4 is 9.47 Å². The fourth-order valence-corrected chi connectivity index (χ4v) is 6.11. The summed E-state index contributed by atoms with van der Waals surface area (Å²) in [6.45, 7) is 2.07. The SMILES string of the molecule is CCOc1cc(/C=C2\SC(=O)N(Cc3c(Cl)cccc3Cl)C2=O)cc(Br)c1OC(=O)c1cccc2ccccc12. The van der Waals surface area contributed by atoms with Gasteiger partial charge in [0, 0.05) is 15.6 Å². The molecule has 0 unspecified atom stereocenters. The minimum Gasteiger partial charge on any atom is -0.490 e. The number of nitrogens with zero attached hydrogens (tertiary/aromatic N) is 1. The number of amides is 2. The van der Waals surface area contributed by atoms with Crippen molar-refractivity contribution in [2.45, 2.75) is 13.5 Å². The van der Waals surface area contributed by atoms with Crippen molar-refractivity contribution in [1.29, 1.82) is 0 Å². The van der Waals surface area contributed by atoms with Crippen molar-refractivity contribution in [3.8, 4) is 11.5 Å². The molecule has 0 N–H and O–H groups in total. The summed E-state index contributed by atoms with van der Waals surface area (Å²) in [4.78, 5) is 40.4. The maximum absolute atomic E-state index is 13.2. The number of ether oxygens (including phenoxy) is 2. The molecule has 0 saturated carbocycles. The van der Waals surface area contributed by atoms with E-state index in [0.29, 0.717) is 43.6 Å². The van der Waals surface area contributed by atoms with E-state index in [1.165, 1.54) is 0 Å². The van der Waals surface area contributed by atoms with Crippen molar-refractivity contribution >= 4 is 84.9 Å². The van der Waals surface area contributed by atoms with Crippen molar-refractivity contribution in [3.63, 3.8) is 0 Å². The van der Waals surface area contributed by atoms with Gasteiger partial charge in [0.1, 0.15) is 0 Å². The van der Waals surface area contributed by atoms with Gasteiger partial charge >= 0.3 is 5.97 Å². The summed E-state index contributed by atoms with van der Waals surface area (Å²) in [5.74, 6) is -0.491. The molecular weight excluding hydrogens is 637 g/mol. The highest BCUT2D eigenvalue weighted by atomic mass is 79.9. The largest absolute Gasteiger partial charge is 0.490 e. The standard InChI is InChI=1S/C30H20BrCl2NO5S/c1-2-38-25-14-17(15-26-28(35)34(30(37)40-26)16-21-23(32)11-6-12-24(21)33)13-22(31)27(25)39-29(36)20-10-5-8-18-7-3-4-9-19(18)20/h3-15H,2,16H2,1H3/b26-15-. The zero-order chi connectivity index (χ0) is 28.4. The highest BCUT2D eigenvalue weighted by Gasteiger charge is 2.36. The summed E-state index contributed by atoms with van der Waals surface area (Å²) in [6, 6.07) is 21.3. The van der Waals surface area contributed by atoms with Gasteiger partial charge in [0.25, 0.3) is 11.1 Å². The van der Waals surface area contributed by atoms with Gasteiger partial charge < -0.3 is 9.47 Å². The molecule has 10 heteroatoms. The summed E-state index contributed by atoms with van der Waals surface area (Å²) in [5.41, 5.74) is 1.48. The third-order valence-electron chi connectivity index (χ3n) is 6.09. The monoisotopic (exact) mass is 655 g/mol. The highest BCUT2D eigenvalue weighted by Crippen LogP contribution is 2.40. The van der Waals surface area contributed by atoms with E-state index in [9.17, 15) is 14.4 Å². The quantitative estimate of drug-likeness (QED) is 0.112. The smallest absolute Gasteiger partial charge is 0.344 e. The minimum atomic E-state index is -0.537. The number of hydrogen-bond donors (Lipinski definition) is 0. The fourth-order valence-electron chi connectivity index (χ4n) is 4.21. The van der Waals surface area contributed by atoms with Gasteiger partial charge in [-0.3, -0.25) is 14.5 Å². The molecule has 0 radical (unpaired) electrons. The Hall–Kier alpha value is -3.30. The van der Waals surface area contributed by atoms with Crippen LogP contribution in [0.3, 0.4) is 0 Å². The Morgan fingerprint density at radius 3 is 2.45 bits per heavy atom. The van der Waals surface area contributed by atoms with Crippen LogP contribution in [0.2, 0.25) is 10.0 Å². The van der Waals surface area contributed by atoms with Gasteiger partial charge in [-0.25, -0.2) is 4.79 Å². The lowest BCUT2D eigenvalue weighted by atomic mass is 10.0. The normalized spacial score (nSPS) is 14.3. The fraction of sp³-hybridized carbons (Fsp3) is 0.100. The van der Waals surface area contributed by atoms with E-state index in [-0.39, 0.29) is 17.2 Å². The zero-order valence-electron chi connectivity index (χ0n) is 21.0. The van der Waals surface area contributed by atoms with Crippen molar-refractivity contribution in [2.75, 3.05) is 6.61 Å². The number of hydrogen-bond acceptors (Lipinski definition) is 6. The number of rotatable bonds is 7. The summed E-state index contributed by atoms with van der Waals surface area (Å²) in [6.07, 6.45) is 1.59. The van der Waals surface area contributed by atoms with Crippen molar-refractivity contribution in [1.82, 2.24) is 4.90 Å². The number of fused-ring (bicyclic) bond motifs is 1. The molecule has 0 bridgehead atoms. The molecule has 5 rings (SSSR count). The molecule has 202 valence electrons. The molecule has 1 aliphatic rings. The Morgan fingerprint density at radius 2 is 1.70 bits per heavy atom. The number of thioether (sulfide) groups is 1. The summed E-state index contributed by atoms with van der Waals surface area (Å²) in [7, 11) is 0. The van der Waals surface area contributed by atoms with Crippen LogP contribution >= 0.6 is 50.9 Å². The topological polar surface area (TPSA) is 72.9 Å². The van der Waals surface area contributed by atoms with Crippen LogP contribution in [-0.4, -0.2) is 28.6 Å². The highest BCUT2D eigenvalue weighted by molar-refractivity contribution is 9.10. The van der Waals surface area contributed by atoms with Crippen molar-refractivity contribution in [3.05, 3.63) is 109 Å². The van der Waals surface area contributed by atoms with Crippen LogP contribution in [0.1, 0.15) is 28.4 Å². The molecule has 1 heterocycles. The van der Waals surface area contributed by atoms with E-state index in [0.717, 1.165) is 27.4 Å². The first kappa shape index (κ1) is 28.2. The number of esters is 1. The first-order valence-corrected chi connectivity index (χ1v) is 14.5. The molecule has 2 amide bonds. The summed E-state index contributed by atoms with van der Waals surface area (Å²) >= 11 is 16.8. The van der Waals surface area contributed by atoms with Gasteiger partial charge in [-0.15, -0.1) is 0 Å². The van der Waals surface area contributed by atoms with Crippen LogP contribution in [0.25, 0.3) is 16.8 Å².